The van der Waals surface area contributed by atoms with E-state index in [1.165, 1.54) is 11.8 Å². The molecule has 0 fully saturated rings. The van der Waals surface area contributed by atoms with Crippen molar-refractivity contribution in [2.75, 3.05) is 0 Å². The van der Waals surface area contributed by atoms with Crippen molar-refractivity contribution in [2.24, 2.45) is 0 Å². The van der Waals surface area contributed by atoms with Crippen LogP contribution in [0, 0.1) is 0 Å². The molecule has 2 rings (SSSR count). The molecule has 0 bridgehead atoms. The van der Waals surface area contributed by atoms with Gasteiger partial charge in [-0.05, 0) is 17.7 Å². The number of carboxylic acid groups (broad SMARTS) is 1. The smallest absolute Gasteiger partial charge is 0.335 e. The summed E-state index contributed by atoms with van der Waals surface area (Å²) in [6.45, 7) is 0. The topological polar surface area (TPSA) is 63.1 Å². The summed E-state index contributed by atoms with van der Waals surface area (Å²) in [5.74, 6) is -0.359. The Morgan fingerprint density at radius 3 is 2.59 bits per heavy atom. The van der Waals surface area contributed by atoms with E-state index in [0.29, 0.717) is 16.5 Å². The summed E-state index contributed by atoms with van der Waals surface area (Å²) in [7, 11) is 0. The van der Waals surface area contributed by atoms with Crippen molar-refractivity contribution in [2.45, 2.75) is 10.9 Å². The number of aromatic nitrogens is 2. The van der Waals surface area contributed by atoms with Gasteiger partial charge in [-0.1, -0.05) is 30.0 Å². The zero-order chi connectivity index (χ0) is 12.1. The zero-order valence-corrected chi connectivity index (χ0v) is 9.72. The summed E-state index contributed by atoms with van der Waals surface area (Å²) in [5.41, 5.74) is 1.10. The number of aromatic carboxylic acids is 1. The Morgan fingerprint density at radius 2 is 1.88 bits per heavy atom. The van der Waals surface area contributed by atoms with Crippen LogP contribution in [0.4, 0.5) is 0 Å². The van der Waals surface area contributed by atoms with Gasteiger partial charge in [0.1, 0.15) is 0 Å². The van der Waals surface area contributed by atoms with Crippen molar-refractivity contribution in [3.05, 3.63) is 53.9 Å². The van der Waals surface area contributed by atoms with E-state index in [2.05, 4.69) is 9.97 Å². The van der Waals surface area contributed by atoms with Gasteiger partial charge in [-0.3, -0.25) is 0 Å². The molecule has 0 aliphatic carbocycles. The van der Waals surface area contributed by atoms with E-state index in [1.54, 1.807) is 36.7 Å². The Bertz CT molecular complexity index is 517. The Morgan fingerprint density at radius 1 is 1.18 bits per heavy atom. The van der Waals surface area contributed by atoms with Crippen LogP contribution in [0.3, 0.4) is 0 Å². The maximum absolute atomic E-state index is 11.0. The molecule has 0 unspecified atom stereocenters. The molecular formula is C12H10N2O2S. The third-order valence-electron chi connectivity index (χ3n) is 2.15. The molecule has 0 amide bonds. The van der Waals surface area contributed by atoms with Gasteiger partial charge in [0.2, 0.25) is 0 Å². The Hall–Kier alpha value is -1.88. The number of carbonyl (C=O) groups is 1. The minimum atomic E-state index is -0.907. The van der Waals surface area contributed by atoms with Crippen molar-refractivity contribution in [1.29, 1.82) is 0 Å². The number of hydrogen-bond donors (Lipinski definition) is 1. The second kappa shape index (κ2) is 5.45. The molecule has 1 aromatic heterocycles. The molecule has 5 heteroatoms. The van der Waals surface area contributed by atoms with Crippen LogP contribution < -0.4 is 0 Å². The van der Waals surface area contributed by atoms with Gasteiger partial charge in [0.25, 0.3) is 0 Å². The molecule has 1 aromatic carbocycles. The first kappa shape index (κ1) is 11.6. The molecule has 86 valence electrons. The summed E-state index contributed by atoms with van der Waals surface area (Å²) >= 11 is 1.42. The lowest BCUT2D eigenvalue weighted by Crippen LogP contribution is -2.01. The summed E-state index contributed by atoms with van der Waals surface area (Å²) in [6, 6.07) is 8.70. The summed E-state index contributed by atoms with van der Waals surface area (Å²) in [6.07, 6.45) is 3.33. The normalized spacial score (nSPS) is 10.1. The van der Waals surface area contributed by atoms with Gasteiger partial charge in [0, 0.05) is 18.1 Å². The Labute approximate surface area is 103 Å². The summed E-state index contributed by atoms with van der Waals surface area (Å²) < 4.78 is 0. The third kappa shape index (κ3) is 3.04. The molecule has 17 heavy (non-hydrogen) atoms. The minimum absolute atomic E-state index is 0.330. The number of benzene rings is 1. The van der Waals surface area contributed by atoms with Crippen LogP contribution in [0.5, 0.6) is 0 Å². The summed E-state index contributed by atoms with van der Waals surface area (Å²) in [4.78, 5) is 19.1. The van der Waals surface area contributed by atoms with Gasteiger partial charge >= 0.3 is 5.97 Å². The van der Waals surface area contributed by atoms with E-state index < -0.39 is 5.97 Å². The molecule has 0 spiro atoms. The van der Waals surface area contributed by atoms with E-state index in [1.807, 2.05) is 6.07 Å². The van der Waals surface area contributed by atoms with Crippen LogP contribution in [0.15, 0.2) is 47.9 Å². The highest BCUT2D eigenvalue weighted by Gasteiger charge is 2.09. The molecule has 0 aliphatic heterocycles. The minimum Gasteiger partial charge on any atom is -0.478 e. The van der Waals surface area contributed by atoms with Gasteiger partial charge in [0.15, 0.2) is 5.16 Å². The van der Waals surface area contributed by atoms with Crippen LogP contribution in [-0.2, 0) is 5.75 Å². The average molecular weight is 246 g/mol. The molecule has 0 saturated carbocycles. The molecule has 0 radical (unpaired) electrons. The highest BCUT2D eigenvalue weighted by Crippen LogP contribution is 2.20. The average Bonchev–Trinajstić information content (AvgIpc) is 2.38. The molecule has 1 N–H and O–H groups in total. The quantitative estimate of drug-likeness (QED) is 0.663. The van der Waals surface area contributed by atoms with Gasteiger partial charge in [-0.25, -0.2) is 14.8 Å². The molecule has 4 nitrogen and oxygen atoms in total. The van der Waals surface area contributed by atoms with E-state index in [-0.39, 0.29) is 0 Å². The van der Waals surface area contributed by atoms with Gasteiger partial charge < -0.3 is 5.11 Å². The monoisotopic (exact) mass is 246 g/mol. The van der Waals surface area contributed by atoms with Crippen LogP contribution in [0.2, 0.25) is 0 Å². The maximum atomic E-state index is 11.0. The fraction of sp³-hybridized carbons (Fsp3) is 0.0833. The molecule has 0 atom stereocenters. The maximum Gasteiger partial charge on any atom is 0.335 e. The standard InChI is InChI=1S/C12H10N2O2S/c15-11(16)10-5-2-1-4-9(10)8-17-12-13-6-3-7-14-12/h1-7H,8H2,(H,15,16). The van der Waals surface area contributed by atoms with Crippen LogP contribution in [0.25, 0.3) is 0 Å². The van der Waals surface area contributed by atoms with Crippen molar-refractivity contribution < 1.29 is 9.90 Å². The largest absolute Gasteiger partial charge is 0.478 e. The zero-order valence-electron chi connectivity index (χ0n) is 8.91. The predicted molar refractivity (Wildman–Crippen MR) is 65.0 cm³/mol. The van der Waals surface area contributed by atoms with Crippen LogP contribution in [0.1, 0.15) is 15.9 Å². The van der Waals surface area contributed by atoms with Crippen LogP contribution in [-0.4, -0.2) is 21.0 Å². The first-order valence-corrected chi connectivity index (χ1v) is 5.97. The second-order valence-corrected chi connectivity index (χ2v) is 4.22. The summed E-state index contributed by atoms with van der Waals surface area (Å²) in [5, 5.41) is 9.67. The first-order valence-electron chi connectivity index (χ1n) is 4.98. The number of thioether (sulfide) groups is 1. The van der Waals surface area contributed by atoms with Crippen molar-refractivity contribution in [3.63, 3.8) is 0 Å². The van der Waals surface area contributed by atoms with E-state index in [0.717, 1.165) is 5.56 Å². The molecule has 1 heterocycles. The fourth-order valence-electron chi connectivity index (χ4n) is 1.36. The first-order chi connectivity index (χ1) is 8.27. The fourth-order valence-corrected chi connectivity index (χ4v) is 2.16. The van der Waals surface area contributed by atoms with E-state index in [4.69, 9.17) is 5.11 Å². The van der Waals surface area contributed by atoms with Crippen LogP contribution >= 0.6 is 11.8 Å². The number of hydrogen-bond acceptors (Lipinski definition) is 4. The molecule has 0 aliphatic rings. The SMILES string of the molecule is O=C(O)c1ccccc1CSc1ncccn1. The van der Waals surface area contributed by atoms with Gasteiger partial charge in [-0.15, -0.1) is 0 Å². The van der Waals surface area contributed by atoms with Gasteiger partial charge in [-0.2, -0.15) is 0 Å². The van der Waals surface area contributed by atoms with E-state index >= 15 is 0 Å². The lowest BCUT2D eigenvalue weighted by Gasteiger charge is -2.04. The van der Waals surface area contributed by atoms with Crippen molar-refractivity contribution in [3.8, 4) is 0 Å². The highest BCUT2D eigenvalue weighted by molar-refractivity contribution is 7.98. The Balaban J connectivity index is 2.12. The molecular weight excluding hydrogens is 236 g/mol. The van der Waals surface area contributed by atoms with Gasteiger partial charge in [0.05, 0.1) is 5.56 Å². The predicted octanol–water partition coefficient (Wildman–Crippen LogP) is 2.47. The number of carboxylic acids is 1. The number of rotatable bonds is 4. The molecule has 2 aromatic rings. The molecule has 0 saturated heterocycles. The van der Waals surface area contributed by atoms with Crippen molar-refractivity contribution in [1.82, 2.24) is 9.97 Å². The highest BCUT2D eigenvalue weighted by atomic mass is 32.2. The van der Waals surface area contributed by atoms with E-state index in [9.17, 15) is 4.79 Å². The lowest BCUT2D eigenvalue weighted by molar-refractivity contribution is 0.0696. The Kier molecular flexibility index (Phi) is 3.72. The van der Waals surface area contributed by atoms with Crippen molar-refractivity contribution >= 4 is 17.7 Å². The lowest BCUT2D eigenvalue weighted by atomic mass is 10.1. The number of nitrogens with zero attached hydrogens (tertiary/aromatic N) is 2. The second-order valence-electron chi connectivity index (χ2n) is 3.28. The third-order valence-corrected chi connectivity index (χ3v) is 3.07.